The van der Waals surface area contributed by atoms with E-state index in [9.17, 15) is 27.6 Å². The molecule has 1 N–H and O–H groups in total. The molecular weight excluding hydrogens is 304 g/mol. The van der Waals surface area contributed by atoms with Crippen LogP contribution in [0.25, 0.3) is 0 Å². The zero-order valence-electron chi connectivity index (χ0n) is 10.9. The fourth-order valence-electron chi connectivity index (χ4n) is 2.45. The Bertz CT molecular complexity index is 671. The molecule has 1 aromatic rings. The lowest BCUT2D eigenvalue weighted by molar-refractivity contribution is -0.0526. The number of nitrogens with zero attached hydrogens (tertiary/aromatic N) is 1. The Balaban J connectivity index is 2.40. The molecule has 0 spiro atoms. The first kappa shape index (κ1) is 15.7. The molecule has 0 aromatic heterocycles. The molecule has 1 aromatic carbocycles. The fraction of sp³-hybridized carbons (Fsp3) is 0.462. The summed E-state index contributed by atoms with van der Waals surface area (Å²) in [7, 11) is -3.43. The van der Waals surface area contributed by atoms with Gasteiger partial charge in [0.25, 0.3) is 0 Å². The first-order valence-corrected chi connectivity index (χ1v) is 7.95. The van der Waals surface area contributed by atoms with E-state index >= 15 is 0 Å². The molecule has 1 saturated heterocycles. The number of para-hydroxylation sites is 1. The first-order chi connectivity index (χ1) is 9.80. The quantitative estimate of drug-likeness (QED) is 0.912. The largest absolute Gasteiger partial charge is 0.434 e. The number of ether oxygens (including phenoxy) is 1. The number of hydrogen-bond acceptors (Lipinski definition) is 5. The summed E-state index contributed by atoms with van der Waals surface area (Å²) in [5.41, 5.74) is -1.56. The standard InChI is InChI=1S/C13H13F2NO4S/c14-12(15)20-10-4-2-1-3-9(10)11(17)13(7-16)5-6-21(18,19)8-13/h1-4,11-12,17H,5-6,8H2. The molecule has 5 nitrogen and oxygen atoms in total. The average molecular weight is 317 g/mol. The van der Waals surface area contributed by atoms with Gasteiger partial charge in [0.05, 0.1) is 17.6 Å². The van der Waals surface area contributed by atoms with Crippen LogP contribution in [0.4, 0.5) is 8.78 Å². The van der Waals surface area contributed by atoms with Crippen molar-refractivity contribution in [3.63, 3.8) is 0 Å². The second kappa shape index (κ2) is 5.58. The number of alkyl halides is 2. The predicted molar refractivity (Wildman–Crippen MR) is 69.4 cm³/mol. The highest BCUT2D eigenvalue weighted by Crippen LogP contribution is 2.45. The highest BCUT2D eigenvalue weighted by atomic mass is 32.2. The monoisotopic (exact) mass is 317 g/mol. The number of hydrogen-bond donors (Lipinski definition) is 1. The van der Waals surface area contributed by atoms with Gasteiger partial charge in [-0.05, 0) is 12.5 Å². The van der Waals surface area contributed by atoms with Gasteiger partial charge in [-0.25, -0.2) is 8.42 Å². The summed E-state index contributed by atoms with van der Waals surface area (Å²) in [5.74, 6) is -0.977. The van der Waals surface area contributed by atoms with E-state index in [1.54, 1.807) is 0 Å². The molecule has 0 amide bonds. The van der Waals surface area contributed by atoms with Crippen molar-refractivity contribution in [2.45, 2.75) is 19.1 Å². The third-order valence-electron chi connectivity index (χ3n) is 3.51. The van der Waals surface area contributed by atoms with Crippen LogP contribution in [-0.2, 0) is 9.84 Å². The normalized spacial score (nSPS) is 25.5. The molecule has 0 bridgehead atoms. The Morgan fingerprint density at radius 1 is 1.38 bits per heavy atom. The molecule has 2 atom stereocenters. The van der Waals surface area contributed by atoms with Crippen molar-refractivity contribution < 1.29 is 27.0 Å². The third kappa shape index (κ3) is 3.14. The minimum Gasteiger partial charge on any atom is -0.434 e. The maximum atomic E-state index is 12.4. The van der Waals surface area contributed by atoms with E-state index in [-0.39, 0.29) is 23.5 Å². The predicted octanol–water partition coefficient (Wildman–Crippen LogP) is 1.65. The number of rotatable bonds is 4. The lowest BCUT2D eigenvalue weighted by atomic mass is 9.79. The van der Waals surface area contributed by atoms with Gasteiger partial charge < -0.3 is 9.84 Å². The summed E-state index contributed by atoms with van der Waals surface area (Å²) in [4.78, 5) is 0. The SMILES string of the molecule is N#CC1(C(O)c2ccccc2OC(F)F)CCS(=O)(=O)C1. The van der Waals surface area contributed by atoms with Crippen LogP contribution >= 0.6 is 0 Å². The van der Waals surface area contributed by atoms with Crippen LogP contribution in [0.5, 0.6) is 5.75 Å². The van der Waals surface area contributed by atoms with Gasteiger partial charge in [0, 0.05) is 5.56 Å². The molecule has 0 radical (unpaired) electrons. The molecule has 114 valence electrons. The molecule has 2 rings (SSSR count). The smallest absolute Gasteiger partial charge is 0.387 e. The van der Waals surface area contributed by atoms with E-state index in [1.165, 1.54) is 24.3 Å². The van der Waals surface area contributed by atoms with E-state index in [1.807, 2.05) is 6.07 Å². The molecule has 1 aliphatic heterocycles. The van der Waals surface area contributed by atoms with Crippen molar-refractivity contribution in [2.24, 2.45) is 5.41 Å². The van der Waals surface area contributed by atoms with Crippen LogP contribution in [0.1, 0.15) is 18.1 Å². The van der Waals surface area contributed by atoms with E-state index in [0.29, 0.717) is 0 Å². The van der Waals surface area contributed by atoms with Crippen molar-refractivity contribution in [2.75, 3.05) is 11.5 Å². The van der Waals surface area contributed by atoms with Crippen LogP contribution in [0, 0.1) is 16.7 Å². The number of benzene rings is 1. The van der Waals surface area contributed by atoms with Crippen LogP contribution in [-0.4, -0.2) is 31.6 Å². The van der Waals surface area contributed by atoms with E-state index < -0.39 is 33.7 Å². The van der Waals surface area contributed by atoms with Gasteiger partial charge in [-0.1, -0.05) is 18.2 Å². The summed E-state index contributed by atoms with van der Waals surface area (Å²) in [5, 5.41) is 19.7. The molecule has 1 heterocycles. The number of sulfone groups is 1. The summed E-state index contributed by atoms with van der Waals surface area (Å²) < 4.78 is 52.2. The third-order valence-corrected chi connectivity index (χ3v) is 5.29. The highest BCUT2D eigenvalue weighted by Gasteiger charge is 2.49. The van der Waals surface area contributed by atoms with Crippen LogP contribution in [0.3, 0.4) is 0 Å². The summed E-state index contributed by atoms with van der Waals surface area (Å²) in [6.45, 7) is -3.08. The van der Waals surface area contributed by atoms with Crippen LogP contribution in [0.2, 0.25) is 0 Å². The molecule has 2 unspecified atom stereocenters. The minimum absolute atomic E-state index is 0.0172. The maximum Gasteiger partial charge on any atom is 0.387 e. The Kier molecular flexibility index (Phi) is 4.16. The zero-order chi connectivity index (χ0) is 15.7. The number of aliphatic hydroxyl groups is 1. The number of aliphatic hydroxyl groups excluding tert-OH is 1. The second-order valence-corrected chi connectivity index (χ2v) is 7.11. The molecular formula is C13H13F2NO4S. The second-order valence-electron chi connectivity index (χ2n) is 4.93. The lowest BCUT2D eigenvalue weighted by Crippen LogP contribution is -2.29. The van der Waals surface area contributed by atoms with E-state index in [2.05, 4.69) is 4.74 Å². The average Bonchev–Trinajstić information content (AvgIpc) is 2.75. The first-order valence-electron chi connectivity index (χ1n) is 6.13. The summed E-state index contributed by atoms with van der Waals surface area (Å²) in [6.07, 6.45) is -1.56. The molecule has 21 heavy (non-hydrogen) atoms. The number of halogens is 2. The van der Waals surface area contributed by atoms with Crippen molar-refractivity contribution in [1.82, 2.24) is 0 Å². The highest BCUT2D eigenvalue weighted by molar-refractivity contribution is 7.91. The topological polar surface area (TPSA) is 87.4 Å². The summed E-state index contributed by atoms with van der Waals surface area (Å²) >= 11 is 0. The van der Waals surface area contributed by atoms with E-state index in [0.717, 1.165) is 0 Å². The van der Waals surface area contributed by atoms with Gasteiger partial charge in [0.15, 0.2) is 9.84 Å². The van der Waals surface area contributed by atoms with Gasteiger partial charge in [-0.2, -0.15) is 14.0 Å². The van der Waals surface area contributed by atoms with Gasteiger partial charge in [-0.3, -0.25) is 0 Å². The van der Waals surface area contributed by atoms with E-state index in [4.69, 9.17) is 0 Å². The molecule has 8 heteroatoms. The van der Waals surface area contributed by atoms with Gasteiger partial charge in [0.2, 0.25) is 0 Å². The number of nitriles is 1. The van der Waals surface area contributed by atoms with Crippen LogP contribution in [0.15, 0.2) is 24.3 Å². The van der Waals surface area contributed by atoms with Gasteiger partial charge in [-0.15, -0.1) is 0 Å². The zero-order valence-corrected chi connectivity index (χ0v) is 11.7. The van der Waals surface area contributed by atoms with Gasteiger partial charge in [0.1, 0.15) is 17.3 Å². The molecule has 1 aliphatic rings. The maximum absolute atomic E-state index is 12.4. The molecule has 0 saturated carbocycles. The van der Waals surface area contributed by atoms with Crippen molar-refractivity contribution in [3.8, 4) is 11.8 Å². The van der Waals surface area contributed by atoms with Crippen molar-refractivity contribution in [3.05, 3.63) is 29.8 Å². The van der Waals surface area contributed by atoms with Crippen LogP contribution < -0.4 is 4.74 Å². The Hall–Kier alpha value is -1.72. The Morgan fingerprint density at radius 2 is 2.05 bits per heavy atom. The minimum atomic E-state index is -3.43. The Morgan fingerprint density at radius 3 is 2.57 bits per heavy atom. The molecule has 1 fully saturated rings. The van der Waals surface area contributed by atoms with Gasteiger partial charge >= 0.3 is 6.61 Å². The molecule has 0 aliphatic carbocycles. The van der Waals surface area contributed by atoms with Crippen molar-refractivity contribution >= 4 is 9.84 Å². The summed E-state index contributed by atoms with van der Waals surface area (Å²) in [6, 6.07) is 7.35. The Labute approximate surface area is 120 Å². The van der Waals surface area contributed by atoms with Crippen molar-refractivity contribution in [1.29, 1.82) is 5.26 Å². The fourth-order valence-corrected chi connectivity index (χ4v) is 4.42. The lowest BCUT2D eigenvalue weighted by Gasteiger charge is -2.27.